The van der Waals surface area contributed by atoms with E-state index in [4.69, 9.17) is 8.85 Å². The summed E-state index contributed by atoms with van der Waals surface area (Å²) in [6, 6.07) is 0. The topological polar surface area (TPSA) is 18.5 Å². The van der Waals surface area contributed by atoms with Crippen LogP contribution in [0.1, 0.15) is 41.0 Å². The van der Waals surface area contributed by atoms with Crippen molar-refractivity contribution in [1.82, 2.24) is 0 Å². The quantitative estimate of drug-likeness (QED) is 0.357. The summed E-state index contributed by atoms with van der Waals surface area (Å²) in [6.45, 7) is 13.2. The summed E-state index contributed by atoms with van der Waals surface area (Å²) in [5.41, 5.74) is 4.40. The Balaban J connectivity index is -0.000000405. The van der Waals surface area contributed by atoms with Gasteiger partial charge in [0.05, 0.1) is 0 Å². The Bertz CT molecular complexity index is 387. The minimum Gasteiger partial charge on any atom is -0.398 e. The molecule has 134 valence electrons. The Morgan fingerprint density at radius 3 is 1.73 bits per heavy atom. The van der Waals surface area contributed by atoms with Gasteiger partial charge in [-0.2, -0.15) is 11.1 Å². The zero-order valence-electron chi connectivity index (χ0n) is 16.4. The van der Waals surface area contributed by atoms with Gasteiger partial charge in [-0.15, -0.1) is 6.92 Å². The predicted octanol–water partition coefficient (Wildman–Crippen LogP) is 5.59. The van der Waals surface area contributed by atoms with Crippen LogP contribution in [-0.4, -0.2) is 22.8 Å². The third-order valence-electron chi connectivity index (χ3n) is 4.90. The largest absolute Gasteiger partial charge is 4.00 e. The second-order valence-electron chi connectivity index (χ2n) is 5.59. The van der Waals surface area contributed by atoms with Crippen molar-refractivity contribution in [3.63, 3.8) is 0 Å². The van der Waals surface area contributed by atoms with E-state index in [1.165, 1.54) is 16.7 Å². The van der Waals surface area contributed by atoms with E-state index in [1.54, 1.807) is 14.2 Å². The zero-order chi connectivity index (χ0) is 14.1. The van der Waals surface area contributed by atoms with Crippen molar-refractivity contribution in [3.05, 3.63) is 45.1 Å². The summed E-state index contributed by atoms with van der Waals surface area (Å²) in [7, 11) is 1.38. The fourth-order valence-corrected chi connectivity index (χ4v) is 6.08. The molecule has 0 aromatic rings. The number of allylic oxidation sites excluding steroid dienone is 4. The molecule has 2 nitrogen and oxygen atoms in total. The Hall–Kier alpha value is 0.305. The van der Waals surface area contributed by atoms with Gasteiger partial charge in [0, 0.05) is 14.2 Å². The first kappa shape index (κ1) is 30.2. The molecule has 22 heavy (non-hydrogen) atoms. The number of hydrogen-bond acceptors (Lipinski definition) is 2. The maximum Gasteiger partial charge on any atom is 4.00 e. The first-order valence-corrected chi connectivity index (χ1v) is 9.06. The van der Waals surface area contributed by atoms with Crippen LogP contribution < -0.4 is 0 Å². The van der Waals surface area contributed by atoms with Crippen LogP contribution in [0.4, 0.5) is 0 Å². The summed E-state index contributed by atoms with van der Waals surface area (Å²) < 4.78 is 11.6. The molecule has 0 radical (unpaired) electrons. The van der Waals surface area contributed by atoms with Crippen molar-refractivity contribution in [3.8, 4) is 0 Å². The van der Waals surface area contributed by atoms with E-state index in [1.807, 2.05) is 0 Å². The van der Waals surface area contributed by atoms with Crippen molar-refractivity contribution < 1.29 is 29.9 Å². The molecule has 1 rings (SSSR count). The molecule has 4 heteroatoms. The van der Waals surface area contributed by atoms with Crippen LogP contribution in [0.25, 0.3) is 0 Å². The standard InChI is InChI=1S/C15H27O2Si.3CH3.Pt/c1-9-14(18(8,16-6)17-7)15(5)10-11(2)12(3)13(15)4;;;;/h14H,9H2,1-8H3;3*1H3;/q4*-1;+4. The van der Waals surface area contributed by atoms with Gasteiger partial charge < -0.3 is 31.1 Å². The molecule has 0 saturated heterocycles. The van der Waals surface area contributed by atoms with E-state index in [2.05, 4.69) is 47.2 Å². The second kappa shape index (κ2) is 11.0. The molecule has 0 amide bonds. The SMILES string of the molecule is CCC(C1(C)[C-]=C(C)C(C)=C1C)[Si](C)(OC)OC.[CH3-].[CH3-].[CH3-].[Pt+4]. The Morgan fingerprint density at radius 1 is 1.09 bits per heavy atom. The summed E-state index contributed by atoms with van der Waals surface area (Å²) in [5.74, 6) is 0. The third-order valence-corrected chi connectivity index (χ3v) is 8.77. The van der Waals surface area contributed by atoms with E-state index in [0.717, 1.165) is 6.42 Å². The van der Waals surface area contributed by atoms with Gasteiger partial charge in [-0.25, -0.2) is 5.57 Å². The van der Waals surface area contributed by atoms with Gasteiger partial charge in [-0.1, -0.05) is 39.5 Å². The molecule has 1 aliphatic rings. The second-order valence-corrected chi connectivity index (χ2v) is 9.13. The normalized spacial score (nSPS) is 21.7. The van der Waals surface area contributed by atoms with E-state index in [0.29, 0.717) is 5.54 Å². The van der Waals surface area contributed by atoms with Gasteiger partial charge in [0.2, 0.25) is 0 Å². The molecule has 2 atom stereocenters. The van der Waals surface area contributed by atoms with Crippen LogP contribution >= 0.6 is 0 Å². The van der Waals surface area contributed by atoms with Gasteiger partial charge in [-0.3, -0.25) is 6.08 Å². The Kier molecular flexibility index (Phi) is 15.1. The minimum absolute atomic E-state index is 0. The average molecular weight is 508 g/mol. The van der Waals surface area contributed by atoms with Crippen molar-refractivity contribution in [2.75, 3.05) is 14.2 Å². The van der Waals surface area contributed by atoms with Crippen LogP contribution in [0.5, 0.6) is 0 Å². The predicted molar refractivity (Wildman–Crippen MR) is 97.8 cm³/mol. The first-order valence-electron chi connectivity index (χ1n) is 6.67. The van der Waals surface area contributed by atoms with E-state index >= 15 is 0 Å². The zero-order valence-corrected chi connectivity index (χ0v) is 19.7. The van der Waals surface area contributed by atoms with Crippen LogP contribution in [0.3, 0.4) is 0 Å². The summed E-state index contributed by atoms with van der Waals surface area (Å²) in [5, 5.41) is 0. The van der Waals surface area contributed by atoms with Crippen LogP contribution in [0.15, 0.2) is 16.7 Å². The van der Waals surface area contributed by atoms with E-state index < -0.39 is 8.56 Å². The van der Waals surface area contributed by atoms with Crippen LogP contribution in [0.2, 0.25) is 12.1 Å². The van der Waals surface area contributed by atoms with Crippen molar-refractivity contribution in [1.29, 1.82) is 0 Å². The third kappa shape index (κ3) is 4.90. The molecule has 0 aromatic heterocycles. The first-order chi connectivity index (χ1) is 8.26. The smallest absolute Gasteiger partial charge is 0.398 e. The van der Waals surface area contributed by atoms with Gasteiger partial charge in [0.1, 0.15) is 0 Å². The maximum atomic E-state index is 5.78. The van der Waals surface area contributed by atoms with Crippen molar-refractivity contribution in [2.45, 2.75) is 53.1 Å². The van der Waals surface area contributed by atoms with E-state index in [9.17, 15) is 0 Å². The van der Waals surface area contributed by atoms with Gasteiger partial charge in [0.15, 0.2) is 0 Å². The van der Waals surface area contributed by atoms with Gasteiger partial charge in [-0.05, 0) is 12.1 Å². The van der Waals surface area contributed by atoms with Crippen LogP contribution in [-0.2, 0) is 29.9 Å². The molecule has 0 heterocycles. The molecule has 0 N–H and O–H groups in total. The molecule has 0 spiro atoms. The summed E-state index contributed by atoms with van der Waals surface area (Å²) >= 11 is 0. The Labute approximate surface area is 156 Å². The fraction of sp³-hybridized carbons (Fsp3) is 0.611. The van der Waals surface area contributed by atoms with Crippen LogP contribution in [0, 0.1) is 33.8 Å². The minimum atomic E-state index is -2.18. The van der Waals surface area contributed by atoms with Gasteiger partial charge in [0.25, 0.3) is 0 Å². The Morgan fingerprint density at radius 2 is 1.50 bits per heavy atom. The molecule has 0 aromatic carbocycles. The van der Waals surface area contributed by atoms with E-state index in [-0.39, 0.29) is 48.8 Å². The molecule has 0 fully saturated rings. The fourth-order valence-electron chi connectivity index (χ4n) is 3.27. The molecule has 0 saturated carbocycles. The molecular weight excluding hydrogens is 471 g/mol. The molecule has 2 unspecified atom stereocenters. The summed E-state index contributed by atoms with van der Waals surface area (Å²) in [4.78, 5) is 0. The van der Waals surface area contributed by atoms with Crippen molar-refractivity contribution in [2.24, 2.45) is 5.41 Å². The number of hydrogen-bond donors (Lipinski definition) is 0. The number of rotatable bonds is 5. The van der Waals surface area contributed by atoms with Crippen molar-refractivity contribution >= 4 is 8.56 Å². The maximum absolute atomic E-state index is 5.78. The van der Waals surface area contributed by atoms with Gasteiger partial charge >= 0.3 is 29.6 Å². The molecule has 1 aliphatic carbocycles. The molecule has 0 bridgehead atoms. The monoisotopic (exact) mass is 507 g/mol. The molecule has 0 aliphatic heterocycles. The molecular formula is C18H36O2PtSi. The summed E-state index contributed by atoms with van der Waals surface area (Å²) in [6.07, 6.45) is 4.72. The average Bonchev–Trinajstić information content (AvgIpc) is 2.54.